The van der Waals surface area contributed by atoms with Crippen molar-refractivity contribution in [2.75, 3.05) is 0 Å². The second-order valence-corrected chi connectivity index (χ2v) is 3.82. The minimum Gasteiger partial charge on any atom is -0.382 e. The number of nitrogens with zero attached hydrogens (tertiary/aromatic N) is 2. The fraction of sp³-hybridized carbons (Fsp3) is 0.364. The predicted octanol–water partition coefficient (Wildman–Crippen LogP) is 2.27. The molecule has 0 spiro atoms. The molecule has 6 heteroatoms. The fourth-order valence-corrected chi connectivity index (χ4v) is 1.70. The van der Waals surface area contributed by atoms with Crippen LogP contribution < -0.4 is 0 Å². The highest BCUT2D eigenvalue weighted by molar-refractivity contribution is 5.75. The Hall–Kier alpha value is -1.56. The van der Waals surface area contributed by atoms with Gasteiger partial charge in [-0.05, 0) is 19.1 Å². The summed E-state index contributed by atoms with van der Waals surface area (Å²) in [6, 6.07) is 6.89. The van der Waals surface area contributed by atoms with Crippen LogP contribution in [0.5, 0.6) is 0 Å². The summed E-state index contributed by atoms with van der Waals surface area (Å²) in [7, 11) is 0. The second-order valence-electron chi connectivity index (χ2n) is 3.82. The van der Waals surface area contributed by atoms with Crippen molar-refractivity contribution in [2.24, 2.45) is 0 Å². The van der Waals surface area contributed by atoms with Crippen LogP contribution in [0, 0.1) is 6.92 Å². The van der Waals surface area contributed by atoms with Crippen LogP contribution in [0.15, 0.2) is 24.3 Å². The molecule has 0 bridgehead atoms. The van der Waals surface area contributed by atoms with Gasteiger partial charge in [0, 0.05) is 0 Å². The zero-order valence-corrected chi connectivity index (χ0v) is 9.07. The van der Waals surface area contributed by atoms with Gasteiger partial charge in [-0.25, -0.2) is 4.98 Å². The molecule has 1 unspecified atom stereocenters. The lowest BCUT2D eigenvalue weighted by Crippen LogP contribution is -2.33. The molecular weight excluding hydrogens is 233 g/mol. The van der Waals surface area contributed by atoms with E-state index in [1.807, 2.05) is 0 Å². The van der Waals surface area contributed by atoms with E-state index in [4.69, 9.17) is 5.11 Å². The van der Waals surface area contributed by atoms with E-state index in [1.165, 1.54) is 4.57 Å². The number of aliphatic hydroxyl groups excluding tert-OH is 1. The molecule has 1 N–H and O–H groups in total. The fourth-order valence-electron chi connectivity index (χ4n) is 1.70. The van der Waals surface area contributed by atoms with E-state index in [9.17, 15) is 13.2 Å². The molecule has 92 valence electrons. The number of imidazole rings is 1. The summed E-state index contributed by atoms with van der Waals surface area (Å²) in [5, 5.41) is 9.07. The quantitative estimate of drug-likeness (QED) is 0.880. The summed E-state index contributed by atoms with van der Waals surface area (Å²) in [5.74, 6) is 0.453. The Morgan fingerprint density at radius 2 is 2.00 bits per heavy atom. The summed E-state index contributed by atoms with van der Waals surface area (Å²) in [5.41, 5.74) is 1.22. The molecule has 0 fully saturated rings. The zero-order valence-electron chi connectivity index (χ0n) is 9.07. The standard InChI is InChI=1S/C11H11F3N2O/c1-7-15-8-4-2-3-5-9(8)16(7)6-10(17)11(12,13)14/h2-5,10,17H,6H2,1H3. The van der Waals surface area contributed by atoms with Gasteiger partial charge in [-0.2, -0.15) is 13.2 Å². The Kier molecular flexibility index (Phi) is 2.82. The van der Waals surface area contributed by atoms with Gasteiger partial charge in [-0.15, -0.1) is 0 Å². The average Bonchev–Trinajstić information content (AvgIpc) is 2.54. The molecular formula is C11H11F3N2O. The van der Waals surface area contributed by atoms with Crippen LogP contribution in [0.3, 0.4) is 0 Å². The molecule has 0 aliphatic carbocycles. The third-order valence-corrected chi connectivity index (χ3v) is 2.58. The molecule has 1 heterocycles. The lowest BCUT2D eigenvalue weighted by Gasteiger charge is -2.16. The highest BCUT2D eigenvalue weighted by atomic mass is 19.4. The number of benzene rings is 1. The molecule has 2 rings (SSSR count). The Morgan fingerprint density at radius 1 is 1.35 bits per heavy atom. The molecule has 1 atom stereocenters. The van der Waals surface area contributed by atoms with Crippen molar-refractivity contribution in [2.45, 2.75) is 25.7 Å². The van der Waals surface area contributed by atoms with Crippen LogP contribution in [0.4, 0.5) is 13.2 Å². The van der Waals surface area contributed by atoms with Crippen molar-refractivity contribution in [3.05, 3.63) is 30.1 Å². The van der Waals surface area contributed by atoms with Crippen molar-refractivity contribution in [1.29, 1.82) is 0 Å². The van der Waals surface area contributed by atoms with Gasteiger partial charge in [-0.1, -0.05) is 12.1 Å². The molecule has 0 amide bonds. The van der Waals surface area contributed by atoms with E-state index in [-0.39, 0.29) is 0 Å². The normalized spacial score (nSPS) is 14.2. The van der Waals surface area contributed by atoms with E-state index in [1.54, 1.807) is 31.2 Å². The van der Waals surface area contributed by atoms with Crippen LogP contribution >= 0.6 is 0 Å². The molecule has 0 aliphatic rings. The third-order valence-electron chi connectivity index (χ3n) is 2.58. The summed E-state index contributed by atoms with van der Waals surface area (Å²) >= 11 is 0. The maximum atomic E-state index is 12.3. The van der Waals surface area contributed by atoms with Gasteiger partial charge < -0.3 is 9.67 Å². The number of alkyl halides is 3. The first-order chi connectivity index (χ1) is 7.89. The highest BCUT2D eigenvalue weighted by Crippen LogP contribution is 2.23. The largest absolute Gasteiger partial charge is 0.416 e. The summed E-state index contributed by atoms with van der Waals surface area (Å²) < 4.78 is 38.2. The first-order valence-corrected chi connectivity index (χ1v) is 5.06. The first-order valence-electron chi connectivity index (χ1n) is 5.06. The molecule has 3 nitrogen and oxygen atoms in total. The SMILES string of the molecule is Cc1nc2ccccc2n1CC(O)C(F)(F)F. The van der Waals surface area contributed by atoms with Gasteiger partial charge in [0.15, 0.2) is 6.10 Å². The maximum Gasteiger partial charge on any atom is 0.416 e. The smallest absolute Gasteiger partial charge is 0.382 e. The van der Waals surface area contributed by atoms with Gasteiger partial charge in [0.05, 0.1) is 17.6 Å². The number of aromatic nitrogens is 2. The second kappa shape index (κ2) is 4.03. The predicted molar refractivity (Wildman–Crippen MR) is 56.5 cm³/mol. The van der Waals surface area contributed by atoms with Gasteiger partial charge in [0.2, 0.25) is 0 Å². The molecule has 2 aromatic rings. The van der Waals surface area contributed by atoms with Gasteiger partial charge in [0.1, 0.15) is 5.82 Å². The Balaban J connectivity index is 2.39. The number of aliphatic hydroxyl groups is 1. The molecule has 1 aromatic heterocycles. The number of rotatable bonds is 2. The molecule has 0 aliphatic heterocycles. The van der Waals surface area contributed by atoms with Crippen molar-refractivity contribution >= 4 is 11.0 Å². The zero-order chi connectivity index (χ0) is 12.6. The van der Waals surface area contributed by atoms with E-state index in [0.717, 1.165) is 0 Å². The Labute approximate surface area is 95.5 Å². The topological polar surface area (TPSA) is 38.0 Å². The van der Waals surface area contributed by atoms with Crippen LogP contribution in [-0.4, -0.2) is 26.9 Å². The lowest BCUT2D eigenvalue weighted by atomic mass is 10.3. The van der Waals surface area contributed by atoms with Crippen molar-refractivity contribution < 1.29 is 18.3 Å². The number of hydrogen-bond acceptors (Lipinski definition) is 2. The van der Waals surface area contributed by atoms with Gasteiger partial charge in [-0.3, -0.25) is 0 Å². The highest BCUT2D eigenvalue weighted by Gasteiger charge is 2.38. The van der Waals surface area contributed by atoms with Crippen LogP contribution in [0.2, 0.25) is 0 Å². The average molecular weight is 244 g/mol. The summed E-state index contributed by atoms with van der Waals surface area (Å²) in [4.78, 5) is 4.13. The van der Waals surface area contributed by atoms with Crippen molar-refractivity contribution in [3.8, 4) is 0 Å². The van der Waals surface area contributed by atoms with Gasteiger partial charge >= 0.3 is 6.18 Å². The van der Waals surface area contributed by atoms with E-state index >= 15 is 0 Å². The first kappa shape index (κ1) is 11.9. The summed E-state index contributed by atoms with van der Waals surface area (Å²) in [6.45, 7) is 1.08. The number of hydrogen-bond donors (Lipinski definition) is 1. The molecule has 1 aromatic carbocycles. The Bertz CT molecular complexity index is 533. The Morgan fingerprint density at radius 3 is 2.65 bits per heavy atom. The maximum absolute atomic E-state index is 12.3. The van der Waals surface area contributed by atoms with Crippen LogP contribution in [0.1, 0.15) is 5.82 Å². The minimum absolute atomic E-state index is 0.453. The molecule has 17 heavy (non-hydrogen) atoms. The van der Waals surface area contributed by atoms with Crippen molar-refractivity contribution in [1.82, 2.24) is 9.55 Å². The number of aryl methyl sites for hydroxylation is 1. The van der Waals surface area contributed by atoms with E-state index < -0.39 is 18.8 Å². The third kappa shape index (κ3) is 2.26. The van der Waals surface area contributed by atoms with E-state index in [0.29, 0.717) is 16.9 Å². The molecule has 0 saturated heterocycles. The number of para-hydroxylation sites is 2. The molecule has 0 radical (unpaired) electrons. The van der Waals surface area contributed by atoms with Crippen molar-refractivity contribution in [3.63, 3.8) is 0 Å². The molecule has 0 saturated carbocycles. The van der Waals surface area contributed by atoms with Crippen LogP contribution in [0.25, 0.3) is 11.0 Å². The lowest BCUT2D eigenvalue weighted by molar-refractivity contribution is -0.207. The monoisotopic (exact) mass is 244 g/mol. The van der Waals surface area contributed by atoms with Gasteiger partial charge in [0.25, 0.3) is 0 Å². The van der Waals surface area contributed by atoms with Crippen LogP contribution in [-0.2, 0) is 6.54 Å². The summed E-state index contributed by atoms with van der Waals surface area (Å²) in [6.07, 6.45) is -6.99. The van der Waals surface area contributed by atoms with E-state index in [2.05, 4.69) is 4.98 Å². The minimum atomic E-state index is -4.61. The number of fused-ring (bicyclic) bond motifs is 1. The number of halogens is 3.